The maximum atomic E-state index is 5.90. The first-order chi connectivity index (χ1) is 9.69. The highest BCUT2D eigenvalue weighted by molar-refractivity contribution is 6.30. The maximum Gasteiger partial charge on any atom is 0.191 e. The molecule has 2 N–H and O–H groups in total. The van der Waals surface area contributed by atoms with Crippen LogP contribution in [0, 0.1) is 5.92 Å². The normalized spacial score (nSPS) is 21.4. The molecule has 4 nitrogen and oxygen atoms in total. The van der Waals surface area contributed by atoms with Crippen LogP contribution < -0.4 is 15.4 Å². The van der Waals surface area contributed by atoms with Gasteiger partial charge < -0.3 is 15.4 Å². The SMILES string of the molecule is CCNC(=NCCOc1cccc(Cl)c1)NC1CC1C. The molecule has 20 heavy (non-hydrogen) atoms. The summed E-state index contributed by atoms with van der Waals surface area (Å²) in [5, 5.41) is 7.34. The van der Waals surface area contributed by atoms with Crippen LogP contribution in [0.25, 0.3) is 0 Å². The highest BCUT2D eigenvalue weighted by Gasteiger charge is 2.33. The lowest BCUT2D eigenvalue weighted by molar-refractivity contribution is 0.328. The molecule has 1 fully saturated rings. The number of hydrogen-bond donors (Lipinski definition) is 2. The number of nitrogens with one attached hydrogen (secondary N) is 2. The summed E-state index contributed by atoms with van der Waals surface area (Å²) in [5.41, 5.74) is 0. The van der Waals surface area contributed by atoms with Crippen molar-refractivity contribution in [2.75, 3.05) is 19.7 Å². The van der Waals surface area contributed by atoms with Gasteiger partial charge in [0.15, 0.2) is 5.96 Å². The smallest absolute Gasteiger partial charge is 0.191 e. The molecule has 2 unspecified atom stereocenters. The Morgan fingerprint density at radius 1 is 1.50 bits per heavy atom. The van der Waals surface area contributed by atoms with Gasteiger partial charge in [0.1, 0.15) is 12.4 Å². The van der Waals surface area contributed by atoms with Gasteiger partial charge in [-0.25, -0.2) is 4.99 Å². The van der Waals surface area contributed by atoms with Crippen LogP contribution in [0.4, 0.5) is 0 Å². The topological polar surface area (TPSA) is 45.7 Å². The third-order valence-corrected chi connectivity index (χ3v) is 3.44. The van der Waals surface area contributed by atoms with Crippen molar-refractivity contribution >= 4 is 17.6 Å². The fourth-order valence-corrected chi connectivity index (χ4v) is 2.08. The second-order valence-electron chi connectivity index (χ2n) is 5.03. The first-order valence-electron chi connectivity index (χ1n) is 7.12. The highest BCUT2D eigenvalue weighted by Crippen LogP contribution is 2.28. The molecule has 2 rings (SSSR count). The molecule has 0 saturated heterocycles. The molecule has 0 heterocycles. The van der Waals surface area contributed by atoms with Crippen molar-refractivity contribution in [2.24, 2.45) is 10.9 Å². The zero-order valence-electron chi connectivity index (χ0n) is 12.0. The monoisotopic (exact) mass is 295 g/mol. The highest BCUT2D eigenvalue weighted by atomic mass is 35.5. The van der Waals surface area contributed by atoms with Gasteiger partial charge >= 0.3 is 0 Å². The Kier molecular flexibility index (Phi) is 5.53. The minimum absolute atomic E-state index is 0.539. The van der Waals surface area contributed by atoms with Crippen LogP contribution in [0.5, 0.6) is 5.75 Å². The van der Waals surface area contributed by atoms with E-state index in [1.807, 2.05) is 18.2 Å². The van der Waals surface area contributed by atoms with E-state index in [-0.39, 0.29) is 0 Å². The summed E-state index contributed by atoms with van der Waals surface area (Å²) in [6, 6.07) is 7.98. The fourth-order valence-electron chi connectivity index (χ4n) is 1.90. The molecule has 2 atom stereocenters. The van der Waals surface area contributed by atoms with Crippen molar-refractivity contribution < 1.29 is 4.74 Å². The number of halogens is 1. The number of hydrogen-bond acceptors (Lipinski definition) is 2. The van der Waals surface area contributed by atoms with Crippen molar-refractivity contribution in [3.8, 4) is 5.75 Å². The van der Waals surface area contributed by atoms with E-state index in [4.69, 9.17) is 16.3 Å². The van der Waals surface area contributed by atoms with Crippen LogP contribution in [0.2, 0.25) is 5.02 Å². The Labute approximate surface area is 125 Å². The molecule has 1 aromatic rings. The minimum Gasteiger partial charge on any atom is -0.492 e. The predicted octanol–water partition coefficient (Wildman–Crippen LogP) is 2.68. The number of nitrogens with zero attached hydrogens (tertiary/aromatic N) is 1. The Morgan fingerprint density at radius 3 is 2.95 bits per heavy atom. The summed E-state index contributed by atoms with van der Waals surface area (Å²) in [6.07, 6.45) is 1.23. The first kappa shape index (κ1) is 15.0. The van der Waals surface area contributed by atoms with Gasteiger partial charge in [0.25, 0.3) is 0 Å². The van der Waals surface area contributed by atoms with E-state index in [0.29, 0.717) is 24.2 Å². The Bertz CT molecular complexity index is 464. The minimum atomic E-state index is 0.539. The molecule has 1 saturated carbocycles. The molecule has 0 spiro atoms. The number of ether oxygens (including phenoxy) is 1. The zero-order chi connectivity index (χ0) is 14.4. The average Bonchev–Trinajstić information content (AvgIpc) is 3.10. The standard InChI is InChI=1S/C15H22ClN3O/c1-3-17-15(19-14-9-11(14)2)18-7-8-20-13-6-4-5-12(16)10-13/h4-6,10-11,14H,3,7-9H2,1-2H3,(H2,17,18,19). The van der Waals surface area contributed by atoms with E-state index in [1.165, 1.54) is 6.42 Å². The average molecular weight is 296 g/mol. The number of rotatable bonds is 6. The molecule has 0 amide bonds. The molecule has 0 aliphatic heterocycles. The number of benzene rings is 1. The lowest BCUT2D eigenvalue weighted by Gasteiger charge is -2.11. The van der Waals surface area contributed by atoms with Gasteiger partial charge in [-0.05, 0) is 37.5 Å². The molecule has 1 aromatic carbocycles. The molecule has 0 bridgehead atoms. The van der Waals surface area contributed by atoms with Gasteiger partial charge in [0.2, 0.25) is 0 Å². The van der Waals surface area contributed by atoms with Gasteiger partial charge in [0.05, 0.1) is 6.54 Å². The van der Waals surface area contributed by atoms with Gasteiger partial charge in [0, 0.05) is 17.6 Å². The van der Waals surface area contributed by atoms with Crippen molar-refractivity contribution in [1.82, 2.24) is 10.6 Å². The lowest BCUT2D eigenvalue weighted by Crippen LogP contribution is -2.39. The van der Waals surface area contributed by atoms with E-state index >= 15 is 0 Å². The molecular weight excluding hydrogens is 274 g/mol. The molecule has 110 valence electrons. The Hall–Kier alpha value is -1.42. The molecule has 1 aliphatic carbocycles. The van der Waals surface area contributed by atoms with E-state index < -0.39 is 0 Å². The van der Waals surface area contributed by atoms with Crippen LogP contribution in [0.3, 0.4) is 0 Å². The third kappa shape index (κ3) is 4.93. The van der Waals surface area contributed by atoms with Gasteiger partial charge in [-0.15, -0.1) is 0 Å². The maximum absolute atomic E-state index is 5.90. The predicted molar refractivity (Wildman–Crippen MR) is 83.6 cm³/mol. The second-order valence-corrected chi connectivity index (χ2v) is 5.47. The summed E-state index contributed by atoms with van der Waals surface area (Å²) in [7, 11) is 0. The van der Waals surface area contributed by atoms with Gasteiger partial charge in [-0.1, -0.05) is 24.6 Å². The molecule has 0 radical (unpaired) electrons. The lowest BCUT2D eigenvalue weighted by atomic mass is 10.3. The summed E-state index contributed by atoms with van der Waals surface area (Å²) >= 11 is 5.90. The largest absolute Gasteiger partial charge is 0.492 e. The summed E-state index contributed by atoms with van der Waals surface area (Å²) in [4.78, 5) is 4.50. The van der Waals surface area contributed by atoms with Crippen LogP contribution >= 0.6 is 11.6 Å². The summed E-state index contributed by atoms with van der Waals surface area (Å²) in [5.74, 6) is 2.40. The van der Waals surface area contributed by atoms with Crippen molar-refractivity contribution in [3.63, 3.8) is 0 Å². The van der Waals surface area contributed by atoms with Gasteiger partial charge in [-0.2, -0.15) is 0 Å². The quantitative estimate of drug-likeness (QED) is 0.482. The summed E-state index contributed by atoms with van der Waals surface area (Å²) in [6.45, 7) is 6.32. The number of guanidine groups is 1. The van der Waals surface area contributed by atoms with Crippen molar-refractivity contribution in [2.45, 2.75) is 26.3 Å². The Balaban J connectivity index is 1.74. The molecule has 1 aliphatic rings. The fraction of sp³-hybridized carbons (Fsp3) is 0.533. The van der Waals surface area contributed by atoms with E-state index in [9.17, 15) is 0 Å². The number of aliphatic imine (C=N–C) groups is 1. The van der Waals surface area contributed by atoms with E-state index in [0.717, 1.165) is 24.2 Å². The summed E-state index contributed by atoms with van der Waals surface area (Å²) < 4.78 is 5.61. The zero-order valence-corrected chi connectivity index (χ0v) is 12.8. The molecule has 5 heteroatoms. The van der Waals surface area contributed by atoms with Crippen LogP contribution in [0.1, 0.15) is 20.3 Å². The van der Waals surface area contributed by atoms with Gasteiger partial charge in [-0.3, -0.25) is 0 Å². The van der Waals surface area contributed by atoms with E-state index in [2.05, 4.69) is 29.5 Å². The van der Waals surface area contributed by atoms with Crippen LogP contribution in [-0.2, 0) is 0 Å². The molecular formula is C15H22ClN3O. The first-order valence-corrected chi connectivity index (χ1v) is 7.50. The second kappa shape index (κ2) is 7.39. The van der Waals surface area contributed by atoms with E-state index in [1.54, 1.807) is 6.07 Å². The van der Waals surface area contributed by atoms with Crippen LogP contribution in [-0.4, -0.2) is 31.7 Å². The Morgan fingerprint density at radius 2 is 2.30 bits per heavy atom. The van der Waals surface area contributed by atoms with Crippen molar-refractivity contribution in [3.05, 3.63) is 29.3 Å². The van der Waals surface area contributed by atoms with Crippen molar-refractivity contribution in [1.29, 1.82) is 0 Å². The molecule has 0 aromatic heterocycles. The van der Waals surface area contributed by atoms with Crippen LogP contribution in [0.15, 0.2) is 29.3 Å². The third-order valence-electron chi connectivity index (χ3n) is 3.20.